The van der Waals surface area contributed by atoms with Gasteiger partial charge in [0.05, 0.1) is 17.1 Å². The molecule has 1 aliphatic heterocycles. The summed E-state index contributed by atoms with van der Waals surface area (Å²) in [6, 6.07) is 21.1. The minimum atomic E-state index is -0.570. The van der Waals surface area contributed by atoms with Gasteiger partial charge in [-0.1, -0.05) is 24.3 Å². The smallest absolute Gasteiger partial charge is 0.164 e. The molecule has 2 unspecified atom stereocenters. The maximum Gasteiger partial charge on any atom is 0.164 e. The average Bonchev–Trinajstić information content (AvgIpc) is 3.68. The molecule has 1 saturated heterocycles. The molecule has 4 aromatic heterocycles. The van der Waals surface area contributed by atoms with Crippen molar-refractivity contribution >= 4 is 22.4 Å². The van der Waals surface area contributed by atoms with Crippen molar-refractivity contribution in [3.8, 4) is 28.3 Å². The van der Waals surface area contributed by atoms with Crippen molar-refractivity contribution in [1.29, 1.82) is 0 Å². The summed E-state index contributed by atoms with van der Waals surface area (Å²) in [6.45, 7) is 3.18. The Morgan fingerprint density at radius 2 is 1.90 bits per heavy atom. The summed E-state index contributed by atoms with van der Waals surface area (Å²) in [7, 11) is 2.19. The number of phenols is 1. The van der Waals surface area contributed by atoms with Gasteiger partial charge < -0.3 is 15.2 Å². The molecule has 41 heavy (non-hydrogen) atoms. The van der Waals surface area contributed by atoms with Crippen LogP contribution in [0.3, 0.4) is 0 Å². The van der Waals surface area contributed by atoms with Crippen LogP contribution < -0.4 is 5.73 Å². The predicted octanol–water partition coefficient (Wildman–Crippen LogP) is 6.22. The topological polar surface area (TPSA) is 97.5 Å². The number of rotatable bonds is 5. The molecule has 0 saturated carbocycles. The zero-order chi connectivity index (χ0) is 28.2. The molecule has 2 aromatic carbocycles. The lowest BCUT2D eigenvalue weighted by molar-refractivity contribution is 0.317. The monoisotopic (exact) mass is 547 g/mol. The number of hydrogen-bond acceptors (Lipinski definition) is 6. The van der Waals surface area contributed by atoms with E-state index < -0.39 is 5.82 Å². The summed E-state index contributed by atoms with van der Waals surface area (Å²) in [5.74, 6) is -0.525. The lowest BCUT2D eigenvalue weighted by atomic mass is 9.97. The Hall–Kier alpha value is -4.76. The normalized spacial score (nSPS) is 16.6. The molecule has 3 N–H and O–H groups in total. The van der Waals surface area contributed by atoms with E-state index in [-0.39, 0.29) is 17.6 Å². The van der Waals surface area contributed by atoms with Gasteiger partial charge in [0, 0.05) is 34.9 Å². The quantitative estimate of drug-likeness (QED) is 0.266. The second-order valence-corrected chi connectivity index (χ2v) is 10.8. The lowest BCUT2D eigenvalue weighted by Gasteiger charge is -2.21. The van der Waals surface area contributed by atoms with Crippen LogP contribution in [0.2, 0.25) is 0 Å². The Kier molecular flexibility index (Phi) is 5.97. The van der Waals surface area contributed by atoms with Gasteiger partial charge in [-0.2, -0.15) is 5.10 Å². The molecule has 0 bridgehead atoms. The van der Waals surface area contributed by atoms with E-state index in [0.29, 0.717) is 28.3 Å². The number of anilines is 1. The number of benzene rings is 2. The number of likely N-dealkylation sites (tertiary alicyclic amines) is 1. The fraction of sp³-hybridized carbons (Fsp3) is 0.219. The average molecular weight is 548 g/mol. The van der Waals surface area contributed by atoms with Crippen molar-refractivity contribution in [2.45, 2.75) is 31.8 Å². The Bertz CT molecular complexity index is 1910. The number of nitrogens with zero attached hydrogens (tertiary/aromatic N) is 6. The number of aromatic hydroxyl groups is 1. The van der Waals surface area contributed by atoms with E-state index in [4.69, 9.17) is 10.8 Å². The fourth-order valence-corrected chi connectivity index (χ4v) is 6.30. The Labute approximate surface area is 236 Å². The first-order chi connectivity index (χ1) is 19.9. The van der Waals surface area contributed by atoms with Crippen LogP contribution in [0.15, 0.2) is 79.3 Å². The second kappa shape index (κ2) is 9.71. The van der Waals surface area contributed by atoms with Gasteiger partial charge in [-0.3, -0.25) is 4.90 Å². The first kappa shape index (κ1) is 25.2. The number of halogens is 1. The maximum absolute atomic E-state index is 14.3. The standard InChI is InChI=1S/C32H30FN7O/c1-19(40-32-28(31(34)35-18-36-32)29(37-40)22-14-23(33)16-25(41)15-22)26-17-24-9-3-4-12-39(24)30(26)21-8-5-7-20(13-21)27-10-6-11-38(27)2/h3-5,7-9,12-19,27,41H,6,10-11H2,1-2H3,(H2,34,35,36). The van der Waals surface area contributed by atoms with Crippen molar-refractivity contribution in [2.75, 3.05) is 19.3 Å². The van der Waals surface area contributed by atoms with Crippen LogP contribution in [-0.2, 0) is 0 Å². The molecule has 6 aromatic rings. The second-order valence-electron chi connectivity index (χ2n) is 10.8. The molecule has 0 spiro atoms. The van der Waals surface area contributed by atoms with Crippen LogP contribution in [0.25, 0.3) is 39.1 Å². The van der Waals surface area contributed by atoms with E-state index in [1.165, 1.54) is 30.4 Å². The summed E-state index contributed by atoms with van der Waals surface area (Å²) in [5, 5.41) is 15.5. The molecule has 2 atom stereocenters. The van der Waals surface area contributed by atoms with E-state index in [1.54, 1.807) is 0 Å². The van der Waals surface area contributed by atoms with Crippen LogP contribution in [0.5, 0.6) is 5.75 Å². The highest BCUT2D eigenvalue weighted by Gasteiger charge is 2.27. The first-order valence-electron chi connectivity index (χ1n) is 13.8. The van der Waals surface area contributed by atoms with Crippen LogP contribution in [0.4, 0.5) is 10.2 Å². The molecule has 0 radical (unpaired) electrons. The highest BCUT2D eigenvalue weighted by atomic mass is 19.1. The summed E-state index contributed by atoms with van der Waals surface area (Å²) in [5.41, 5.74) is 13.3. The van der Waals surface area contributed by atoms with Gasteiger partial charge in [-0.05, 0) is 80.9 Å². The molecular formula is C32H30FN7O. The number of nitrogens with two attached hydrogens (primary N) is 1. The van der Waals surface area contributed by atoms with E-state index in [9.17, 15) is 9.50 Å². The third kappa shape index (κ3) is 4.20. The SMILES string of the molecule is CC(c1cc2ccccn2c1-c1cccc(C2CCCN2C)c1)n1nc(-c2cc(O)cc(F)c2)c2c(N)ncnc21. The first-order valence-corrected chi connectivity index (χ1v) is 13.8. The van der Waals surface area contributed by atoms with Crippen LogP contribution in [0.1, 0.15) is 43.0 Å². The zero-order valence-electron chi connectivity index (χ0n) is 22.9. The van der Waals surface area contributed by atoms with Gasteiger partial charge in [0.2, 0.25) is 0 Å². The third-order valence-corrected chi connectivity index (χ3v) is 8.27. The highest BCUT2D eigenvalue weighted by molar-refractivity contribution is 5.98. The zero-order valence-corrected chi connectivity index (χ0v) is 22.9. The lowest BCUT2D eigenvalue weighted by Crippen LogP contribution is -2.17. The molecule has 7 rings (SSSR count). The molecule has 0 amide bonds. The number of phenolic OH excluding ortho intramolecular Hbond substituents is 1. The van der Waals surface area contributed by atoms with Gasteiger partial charge in [0.15, 0.2) is 5.65 Å². The van der Waals surface area contributed by atoms with Gasteiger partial charge >= 0.3 is 0 Å². The molecule has 1 fully saturated rings. The molecule has 1 aliphatic rings. The fourth-order valence-electron chi connectivity index (χ4n) is 6.30. The number of hydrogen-bond donors (Lipinski definition) is 2. The number of aromatic nitrogens is 5. The Morgan fingerprint density at radius 3 is 2.71 bits per heavy atom. The van der Waals surface area contributed by atoms with E-state index in [2.05, 4.69) is 75.8 Å². The third-order valence-electron chi connectivity index (χ3n) is 8.27. The van der Waals surface area contributed by atoms with Gasteiger partial charge in [-0.15, -0.1) is 0 Å². The van der Waals surface area contributed by atoms with Gasteiger partial charge in [-0.25, -0.2) is 19.0 Å². The summed E-state index contributed by atoms with van der Waals surface area (Å²) < 4.78 is 18.3. The van der Waals surface area contributed by atoms with Gasteiger partial charge in [0.25, 0.3) is 0 Å². The number of fused-ring (bicyclic) bond motifs is 2. The minimum absolute atomic E-state index is 0.195. The molecular weight excluding hydrogens is 517 g/mol. The predicted molar refractivity (Wildman–Crippen MR) is 158 cm³/mol. The van der Waals surface area contributed by atoms with Gasteiger partial charge in [0.1, 0.15) is 29.4 Å². The van der Waals surface area contributed by atoms with Crippen molar-refractivity contribution < 1.29 is 9.50 Å². The summed E-state index contributed by atoms with van der Waals surface area (Å²) in [4.78, 5) is 11.2. The summed E-state index contributed by atoms with van der Waals surface area (Å²) >= 11 is 0. The van der Waals surface area contributed by atoms with Crippen molar-refractivity contribution in [1.82, 2.24) is 29.0 Å². The molecule has 9 heteroatoms. The van der Waals surface area contributed by atoms with Crippen molar-refractivity contribution in [3.63, 3.8) is 0 Å². The maximum atomic E-state index is 14.3. The van der Waals surface area contributed by atoms with Crippen molar-refractivity contribution in [2.24, 2.45) is 0 Å². The Balaban J connectivity index is 1.42. The van der Waals surface area contributed by atoms with E-state index >= 15 is 0 Å². The molecule has 5 heterocycles. The van der Waals surface area contributed by atoms with Crippen LogP contribution >= 0.6 is 0 Å². The van der Waals surface area contributed by atoms with E-state index in [1.807, 2.05) is 16.8 Å². The van der Waals surface area contributed by atoms with Crippen LogP contribution in [0, 0.1) is 5.82 Å². The minimum Gasteiger partial charge on any atom is -0.508 e. The Morgan fingerprint density at radius 1 is 1.02 bits per heavy atom. The largest absolute Gasteiger partial charge is 0.508 e. The molecule has 0 aliphatic carbocycles. The number of nitrogen functional groups attached to an aromatic ring is 1. The molecule has 206 valence electrons. The molecule has 8 nitrogen and oxygen atoms in total. The van der Waals surface area contributed by atoms with Crippen LogP contribution in [-0.4, -0.2) is 47.7 Å². The summed E-state index contributed by atoms with van der Waals surface area (Å²) in [6.07, 6.45) is 5.84. The van der Waals surface area contributed by atoms with E-state index in [0.717, 1.165) is 41.4 Å². The highest BCUT2D eigenvalue weighted by Crippen LogP contribution is 2.39. The number of pyridine rings is 1. The van der Waals surface area contributed by atoms with Crippen molar-refractivity contribution in [3.05, 3.63) is 96.2 Å².